The molecule has 1 unspecified atom stereocenters. The molecule has 2 N–H and O–H groups in total. The van der Waals surface area contributed by atoms with Gasteiger partial charge in [-0.2, -0.15) is 0 Å². The van der Waals surface area contributed by atoms with E-state index in [1.165, 1.54) is 12.1 Å². The van der Waals surface area contributed by atoms with Crippen molar-refractivity contribution in [2.24, 2.45) is 0 Å². The predicted octanol–water partition coefficient (Wildman–Crippen LogP) is 4.02. The molecule has 23 heavy (non-hydrogen) atoms. The summed E-state index contributed by atoms with van der Waals surface area (Å²) in [4.78, 5) is 11.6. The Kier molecular flexibility index (Phi) is 7.42. The molecule has 130 valence electrons. The molecule has 0 spiro atoms. The van der Waals surface area contributed by atoms with Gasteiger partial charge >= 0.3 is 6.09 Å². The minimum Gasteiger partial charge on any atom is -0.444 e. The van der Waals surface area contributed by atoms with Gasteiger partial charge in [0.25, 0.3) is 6.43 Å². The normalized spacial score (nSPS) is 13.0. The van der Waals surface area contributed by atoms with E-state index in [-0.39, 0.29) is 11.6 Å². The molecule has 0 saturated heterocycles. The fraction of sp³-hybridized carbons (Fsp3) is 0.588. The third-order valence-corrected chi connectivity index (χ3v) is 3.08. The number of hydrogen-bond donors (Lipinski definition) is 2. The first-order valence-electron chi connectivity index (χ1n) is 7.74. The van der Waals surface area contributed by atoms with Crippen LogP contribution >= 0.6 is 0 Å². The van der Waals surface area contributed by atoms with Crippen LogP contribution in [0.3, 0.4) is 0 Å². The van der Waals surface area contributed by atoms with Gasteiger partial charge in [0.1, 0.15) is 5.60 Å². The third-order valence-electron chi connectivity index (χ3n) is 3.08. The van der Waals surface area contributed by atoms with Gasteiger partial charge in [0.15, 0.2) is 0 Å². The number of rotatable bonds is 7. The minimum absolute atomic E-state index is 0.0152. The summed E-state index contributed by atoms with van der Waals surface area (Å²) in [7, 11) is 0. The van der Waals surface area contributed by atoms with Crippen LogP contribution in [0.4, 0.5) is 13.6 Å². The Labute approximate surface area is 136 Å². The van der Waals surface area contributed by atoms with Crippen molar-refractivity contribution in [3.8, 4) is 0 Å². The number of carbonyl (C=O) groups is 1. The Bertz CT molecular complexity index is 484. The van der Waals surface area contributed by atoms with E-state index in [1.807, 2.05) is 27.7 Å². The van der Waals surface area contributed by atoms with Crippen molar-refractivity contribution >= 4 is 6.09 Å². The molecule has 0 aliphatic carbocycles. The maximum Gasteiger partial charge on any atom is 0.407 e. The number of alkyl carbamates (subject to hydrolysis) is 1. The zero-order valence-corrected chi connectivity index (χ0v) is 14.2. The van der Waals surface area contributed by atoms with Crippen LogP contribution in [0.2, 0.25) is 0 Å². The summed E-state index contributed by atoms with van der Waals surface area (Å²) in [5.41, 5.74) is 0.470. The average Bonchev–Trinajstić information content (AvgIpc) is 2.42. The van der Waals surface area contributed by atoms with E-state index >= 15 is 0 Å². The first-order chi connectivity index (χ1) is 10.7. The number of amides is 1. The number of hydrogen-bond acceptors (Lipinski definition) is 3. The topological polar surface area (TPSA) is 50.4 Å². The smallest absolute Gasteiger partial charge is 0.407 e. The molecule has 0 aliphatic rings. The number of alkyl halides is 2. The molecule has 1 aromatic carbocycles. The van der Waals surface area contributed by atoms with E-state index in [0.29, 0.717) is 13.1 Å². The molecule has 0 radical (unpaired) electrons. The van der Waals surface area contributed by atoms with E-state index < -0.39 is 18.1 Å². The van der Waals surface area contributed by atoms with Crippen LogP contribution < -0.4 is 10.6 Å². The zero-order chi connectivity index (χ0) is 17.5. The Balaban J connectivity index is 2.22. The number of halogens is 2. The van der Waals surface area contributed by atoms with E-state index in [0.717, 1.165) is 12.0 Å². The van der Waals surface area contributed by atoms with Crippen LogP contribution in [0.15, 0.2) is 24.3 Å². The Morgan fingerprint density at radius 2 is 1.83 bits per heavy atom. The highest BCUT2D eigenvalue weighted by Crippen LogP contribution is 2.18. The summed E-state index contributed by atoms with van der Waals surface area (Å²) in [6.45, 7) is 8.66. The van der Waals surface area contributed by atoms with Gasteiger partial charge in [-0.15, -0.1) is 0 Å². The summed E-state index contributed by atoms with van der Waals surface area (Å²) in [5, 5.41) is 5.99. The molecule has 1 atom stereocenters. The maximum atomic E-state index is 12.4. The zero-order valence-electron chi connectivity index (χ0n) is 14.2. The summed E-state index contributed by atoms with van der Waals surface area (Å²) < 4.78 is 30.1. The second kappa shape index (κ2) is 8.82. The van der Waals surface area contributed by atoms with Crippen molar-refractivity contribution < 1.29 is 18.3 Å². The molecular weight excluding hydrogens is 302 g/mol. The molecular formula is C17H26F2N2O2. The lowest BCUT2D eigenvalue weighted by atomic mass is 10.1. The highest BCUT2D eigenvalue weighted by atomic mass is 19.3. The van der Waals surface area contributed by atoms with Crippen LogP contribution in [0.1, 0.15) is 51.7 Å². The van der Waals surface area contributed by atoms with E-state index in [4.69, 9.17) is 4.74 Å². The van der Waals surface area contributed by atoms with Crippen LogP contribution in [0.5, 0.6) is 0 Å². The predicted molar refractivity (Wildman–Crippen MR) is 86.6 cm³/mol. The summed E-state index contributed by atoms with van der Waals surface area (Å²) >= 11 is 0. The molecule has 0 bridgehead atoms. The van der Waals surface area contributed by atoms with Gasteiger partial charge in [-0.25, -0.2) is 13.6 Å². The minimum atomic E-state index is -2.43. The number of ether oxygens (including phenoxy) is 1. The van der Waals surface area contributed by atoms with Gasteiger partial charge < -0.3 is 15.4 Å². The molecule has 0 fully saturated rings. The quantitative estimate of drug-likeness (QED) is 0.743. The van der Waals surface area contributed by atoms with E-state index in [9.17, 15) is 13.6 Å². The van der Waals surface area contributed by atoms with Crippen molar-refractivity contribution in [1.82, 2.24) is 10.6 Å². The maximum absolute atomic E-state index is 12.4. The molecule has 6 heteroatoms. The molecule has 0 aliphatic heterocycles. The lowest BCUT2D eigenvalue weighted by molar-refractivity contribution is 0.0506. The van der Waals surface area contributed by atoms with Crippen molar-refractivity contribution in [3.05, 3.63) is 35.4 Å². The van der Waals surface area contributed by atoms with Crippen LogP contribution in [0.25, 0.3) is 0 Å². The molecule has 4 nitrogen and oxygen atoms in total. The SMILES string of the molecule is CC(CCNCc1ccc(C(F)F)cc1)NC(=O)OC(C)(C)C. The highest BCUT2D eigenvalue weighted by Gasteiger charge is 2.17. The van der Waals surface area contributed by atoms with Gasteiger partial charge in [-0.3, -0.25) is 0 Å². The highest BCUT2D eigenvalue weighted by molar-refractivity contribution is 5.67. The Morgan fingerprint density at radius 1 is 1.22 bits per heavy atom. The van der Waals surface area contributed by atoms with Crippen molar-refractivity contribution in [2.45, 2.75) is 58.7 Å². The van der Waals surface area contributed by atoms with Gasteiger partial charge in [-0.05, 0) is 46.2 Å². The molecule has 1 rings (SSSR count). The largest absolute Gasteiger partial charge is 0.444 e. The van der Waals surface area contributed by atoms with Crippen molar-refractivity contribution in [3.63, 3.8) is 0 Å². The Morgan fingerprint density at radius 3 is 2.35 bits per heavy atom. The second-order valence-electron chi connectivity index (χ2n) is 6.56. The van der Waals surface area contributed by atoms with Crippen LogP contribution in [-0.4, -0.2) is 24.3 Å². The molecule has 0 saturated carbocycles. The number of nitrogens with one attached hydrogen (secondary N) is 2. The van der Waals surface area contributed by atoms with Crippen LogP contribution in [-0.2, 0) is 11.3 Å². The molecule has 0 aromatic heterocycles. The van der Waals surface area contributed by atoms with E-state index in [1.54, 1.807) is 12.1 Å². The lowest BCUT2D eigenvalue weighted by Crippen LogP contribution is -2.38. The van der Waals surface area contributed by atoms with Crippen LogP contribution in [0, 0.1) is 0 Å². The van der Waals surface area contributed by atoms with Gasteiger partial charge in [-0.1, -0.05) is 24.3 Å². The van der Waals surface area contributed by atoms with Gasteiger partial charge in [0.2, 0.25) is 0 Å². The second-order valence-corrected chi connectivity index (χ2v) is 6.56. The van der Waals surface area contributed by atoms with Gasteiger partial charge in [0.05, 0.1) is 0 Å². The lowest BCUT2D eigenvalue weighted by Gasteiger charge is -2.22. The van der Waals surface area contributed by atoms with Crippen molar-refractivity contribution in [2.75, 3.05) is 6.54 Å². The van der Waals surface area contributed by atoms with Crippen molar-refractivity contribution in [1.29, 1.82) is 0 Å². The molecule has 0 heterocycles. The summed E-state index contributed by atoms with van der Waals surface area (Å²) in [5.74, 6) is 0. The third kappa shape index (κ3) is 8.50. The standard InChI is InChI=1S/C17H26F2N2O2/c1-12(21-16(22)23-17(2,3)4)9-10-20-11-13-5-7-14(8-6-13)15(18)19/h5-8,12,15,20H,9-11H2,1-4H3,(H,21,22). The fourth-order valence-corrected chi connectivity index (χ4v) is 1.91. The first kappa shape index (κ1) is 19.4. The fourth-order valence-electron chi connectivity index (χ4n) is 1.91. The van der Waals surface area contributed by atoms with E-state index in [2.05, 4.69) is 10.6 Å². The monoisotopic (exact) mass is 328 g/mol. The molecule has 1 aromatic rings. The molecule has 1 amide bonds. The number of carbonyl (C=O) groups excluding carboxylic acids is 1. The Hall–Kier alpha value is -1.69. The van der Waals surface area contributed by atoms with Gasteiger partial charge in [0, 0.05) is 18.2 Å². The summed E-state index contributed by atoms with van der Waals surface area (Å²) in [6, 6.07) is 6.25. The average molecular weight is 328 g/mol. The number of benzene rings is 1. The first-order valence-corrected chi connectivity index (χ1v) is 7.74. The summed E-state index contributed by atoms with van der Waals surface area (Å²) in [6.07, 6.45) is -2.11.